The van der Waals surface area contributed by atoms with Crippen LogP contribution in [0.2, 0.25) is 0 Å². The maximum absolute atomic E-state index is 12.0. The van der Waals surface area contributed by atoms with E-state index in [-0.39, 0.29) is 11.9 Å². The number of carbonyl (C=O) groups is 1. The highest BCUT2D eigenvalue weighted by molar-refractivity contribution is 5.81. The van der Waals surface area contributed by atoms with E-state index in [1.807, 2.05) is 6.92 Å². The van der Waals surface area contributed by atoms with Crippen LogP contribution < -0.4 is 11.1 Å². The molecule has 1 saturated heterocycles. The van der Waals surface area contributed by atoms with Crippen molar-refractivity contribution in [3.8, 4) is 0 Å². The van der Waals surface area contributed by atoms with Crippen molar-refractivity contribution < 1.29 is 4.79 Å². The fraction of sp³-hybridized carbons (Fsp3) is 0.923. The summed E-state index contributed by atoms with van der Waals surface area (Å²) in [6.45, 7) is 8.76. The lowest BCUT2D eigenvalue weighted by molar-refractivity contribution is -0.126. The van der Waals surface area contributed by atoms with Crippen molar-refractivity contribution in [3.63, 3.8) is 0 Å². The Balaban J connectivity index is 2.35. The molecular weight excluding hydrogens is 214 g/mol. The van der Waals surface area contributed by atoms with Crippen LogP contribution in [0, 0.1) is 5.92 Å². The molecule has 1 rings (SSSR count). The van der Waals surface area contributed by atoms with Crippen molar-refractivity contribution in [2.24, 2.45) is 11.7 Å². The van der Waals surface area contributed by atoms with Crippen molar-refractivity contribution in [2.45, 2.75) is 52.1 Å². The molecule has 100 valence electrons. The zero-order valence-electron chi connectivity index (χ0n) is 11.4. The fourth-order valence-electron chi connectivity index (χ4n) is 2.40. The van der Waals surface area contributed by atoms with Gasteiger partial charge >= 0.3 is 0 Å². The van der Waals surface area contributed by atoms with Gasteiger partial charge in [0.05, 0.1) is 6.04 Å². The minimum atomic E-state index is -0.0433. The molecule has 2 unspecified atom stereocenters. The molecule has 4 nitrogen and oxygen atoms in total. The van der Waals surface area contributed by atoms with Crippen LogP contribution in [0.15, 0.2) is 0 Å². The smallest absolute Gasteiger partial charge is 0.237 e. The normalized spacial score (nSPS) is 23.0. The monoisotopic (exact) mass is 241 g/mol. The molecule has 1 heterocycles. The second-order valence-corrected chi connectivity index (χ2v) is 5.42. The Labute approximate surface area is 105 Å². The number of nitrogens with zero attached hydrogens (tertiary/aromatic N) is 1. The molecule has 0 aromatic heterocycles. The second-order valence-electron chi connectivity index (χ2n) is 5.42. The molecule has 17 heavy (non-hydrogen) atoms. The van der Waals surface area contributed by atoms with E-state index in [1.165, 1.54) is 0 Å². The summed E-state index contributed by atoms with van der Waals surface area (Å²) in [6, 6.07) is 0.346. The lowest BCUT2D eigenvalue weighted by atomic mass is 10.1. The van der Waals surface area contributed by atoms with E-state index >= 15 is 0 Å². The average Bonchev–Trinajstić information content (AvgIpc) is 2.75. The Morgan fingerprint density at radius 3 is 2.76 bits per heavy atom. The first-order valence-corrected chi connectivity index (χ1v) is 6.79. The number of nitrogens with one attached hydrogen (secondary N) is 1. The van der Waals surface area contributed by atoms with Crippen LogP contribution in [0.4, 0.5) is 0 Å². The van der Waals surface area contributed by atoms with E-state index in [9.17, 15) is 4.79 Å². The van der Waals surface area contributed by atoms with Gasteiger partial charge in [0.1, 0.15) is 0 Å². The summed E-state index contributed by atoms with van der Waals surface area (Å²) in [5, 5.41) is 3.01. The van der Waals surface area contributed by atoms with E-state index in [2.05, 4.69) is 24.1 Å². The molecule has 2 atom stereocenters. The van der Waals surface area contributed by atoms with Gasteiger partial charge in [0.2, 0.25) is 5.91 Å². The van der Waals surface area contributed by atoms with E-state index < -0.39 is 0 Å². The summed E-state index contributed by atoms with van der Waals surface area (Å²) < 4.78 is 0. The van der Waals surface area contributed by atoms with Crippen LogP contribution in [-0.2, 0) is 4.79 Å². The van der Waals surface area contributed by atoms with Crippen molar-refractivity contribution in [3.05, 3.63) is 0 Å². The first kappa shape index (κ1) is 14.5. The van der Waals surface area contributed by atoms with Gasteiger partial charge in [0.25, 0.3) is 0 Å². The standard InChI is InChI=1S/C13H27N3O/c1-10(2)6-7-15-13(17)11(3)16-8-4-5-12(16)9-14/h10-12H,4-9,14H2,1-3H3,(H,15,17). The average molecular weight is 241 g/mol. The molecule has 0 bridgehead atoms. The topological polar surface area (TPSA) is 58.4 Å². The number of hydrogen-bond acceptors (Lipinski definition) is 3. The summed E-state index contributed by atoms with van der Waals surface area (Å²) in [7, 11) is 0. The van der Waals surface area contributed by atoms with Gasteiger partial charge in [0.15, 0.2) is 0 Å². The van der Waals surface area contributed by atoms with Crippen molar-refractivity contribution in [1.82, 2.24) is 10.2 Å². The molecule has 1 fully saturated rings. The van der Waals surface area contributed by atoms with E-state index in [1.54, 1.807) is 0 Å². The third kappa shape index (κ3) is 4.28. The van der Waals surface area contributed by atoms with Gasteiger partial charge < -0.3 is 11.1 Å². The summed E-state index contributed by atoms with van der Waals surface area (Å²) >= 11 is 0. The zero-order valence-corrected chi connectivity index (χ0v) is 11.4. The molecule has 1 aliphatic rings. The lowest BCUT2D eigenvalue weighted by Gasteiger charge is -2.29. The minimum Gasteiger partial charge on any atom is -0.355 e. The fourth-order valence-corrected chi connectivity index (χ4v) is 2.40. The lowest BCUT2D eigenvalue weighted by Crippen LogP contribution is -2.49. The largest absolute Gasteiger partial charge is 0.355 e. The summed E-state index contributed by atoms with van der Waals surface area (Å²) in [5.74, 6) is 0.778. The highest BCUT2D eigenvalue weighted by Gasteiger charge is 2.30. The van der Waals surface area contributed by atoms with Gasteiger partial charge in [-0.25, -0.2) is 0 Å². The van der Waals surface area contributed by atoms with Crippen molar-refractivity contribution >= 4 is 5.91 Å². The third-order valence-corrected chi connectivity index (χ3v) is 3.59. The molecule has 1 aliphatic heterocycles. The predicted octanol–water partition coefficient (Wildman–Crippen LogP) is 0.960. The molecule has 0 radical (unpaired) electrons. The number of likely N-dealkylation sites (tertiary alicyclic amines) is 1. The van der Waals surface area contributed by atoms with Crippen LogP contribution in [0.3, 0.4) is 0 Å². The van der Waals surface area contributed by atoms with Gasteiger partial charge in [0, 0.05) is 19.1 Å². The Bertz CT molecular complexity index is 243. The van der Waals surface area contributed by atoms with Gasteiger partial charge in [-0.15, -0.1) is 0 Å². The predicted molar refractivity (Wildman–Crippen MR) is 70.7 cm³/mol. The number of carbonyl (C=O) groups excluding carboxylic acids is 1. The highest BCUT2D eigenvalue weighted by atomic mass is 16.2. The van der Waals surface area contributed by atoms with Gasteiger partial charge in [-0.1, -0.05) is 13.8 Å². The quantitative estimate of drug-likeness (QED) is 0.728. The van der Waals surface area contributed by atoms with E-state index in [0.29, 0.717) is 18.5 Å². The number of rotatable bonds is 6. The number of amides is 1. The Morgan fingerprint density at radius 2 is 2.18 bits per heavy atom. The second kappa shape index (κ2) is 6.97. The summed E-state index contributed by atoms with van der Waals surface area (Å²) in [4.78, 5) is 14.2. The Hall–Kier alpha value is -0.610. The van der Waals surface area contributed by atoms with E-state index in [0.717, 1.165) is 32.4 Å². The maximum atomic E-state index is 12.0. The summed E-state index contributed by atoms with van der Waals surface area (Å²) in [6.07, 6.45) is 3.32. The zero-order chi connectivity index (χ0) is 12.8. The number of hydrogen-bond donors (Lipinski definition) is 2. The van der Waals surface area contributed by atoms with Crippen LogP contribution in [0.5, 0.6) is 0 Å². The maximum Gasteiger partial charge on any atom is 0.237 e. The molecule has 1 amide bonds. The summed E-state index contributed by atoms with van der Waals surface area (Å²) in [5.41, 5.74) is 5.73. The molecule has 4 heteroatoms. The molecular formula is C13H27N3O. The molecule has 0 aliphatic carbocycles. The first-order chi connectivity index (χ1) is 8.06. The Morgan fingerprint density at radius 1 is 1.47 bits per heavy atom. The van der Waals surface area contributed by atoms with Gasteiger partial charge in [-0.05, 0) is 38.6 Å². The van der Waals surface area contributed by atoms with Crippen molar-refractivity contribution in [1.29, 1.82) is 0 Å². The highest BCUT2D eigenvalue weighted by Crippen LogP contribution is 2.19. The van der Waals surface area contributed by atoms with Gasteiger partial charge in [-0.3, -0.25) is 9.69 Å². The van der Waals surface area contributed by atoms with Gasteiger partial charge in [-0.2, -0.15) is 0 Å². The van der Waals surface area contributed by atoms with Crippen LogP contribution >= 0.6 is 0 Å². The molecule has 0 saturated carbocycles. The SMILES string of the molecule is CC(C)CCNC(=O)C(C)N1CCCC1CN. The minimum absolute atomic E-state index is 0.0433. The molecule has 0 spiro atoms. The van der Waals surface area contributed by atoms with Crippen LogP contribution in [-0.4, -0.2) is 42.5 Å². The first-order valence-electron chi connectivity index (χ1n) is 6.79. The Kier molecular flexibility index (Phi) is 5.92. The van der Waals surface area contributed by atoms with Crippen LogP contribution in [0.1, 0.15) is 40.0 Å². The van der Waals surface area contributed by atoms with E-state index in [4.69, 9.17) is 5.73 Å². The third-order valence-electron chi connectivity index (χ3n) is 3.59. The molecule has 0 aromatic rings. The van der Waals surface area contributed by atoms with Crippen molar-refractivity contribution in [2.75, 3.05) is 19.6 Å². The molecule has 0 aromatic carbocycles. The molecule has 3 N–H and O–H groups in total. The number of nitrogens with two attached hydrogens (primary N) is 1. The van der Waals surface area contributed by atoms with Crippen LogP contribution in [0.25, 0.3) is 0 Å².